The van der Waals surface area contributed by atoms with Gasteiger partial charge in [0.25, 0.3) is 0 Å². The maximum absolute atomic E-state index is 11.0. The lowest BCUT2D eigenvalue weighted by Crippen LogP contribution is -2.40. The molecule has 0 heterocycles. The van der Waals surface area contributed by atoms with Gasteiger partial charge in [-0.3, -0.25) is 0 Å². The van der Waals surface area contributed by atoms with Crippen molar-refractivity contribution in [1.29, 1.82) is 0 Å². The Hall–Kier alpha value is -0.130. The molecule has 1 unspecified atom stereocenters. The van der Waals surface area contributed by atoms with Crippen molar-refractivity contribution in [3.8, 4) is 0 Å². The van der Waals surface area contributed by atoms with Crippen LogP contribution in [0.25, 0.3) is 0 Å². The molecule has 98 valence electrons. The molecule has 1 N–H and O–H groups in total. The number of nitrogens with zero attached hydrogens (tertiary/aromatic N) is 1. The van der Waals surface area contributed by atoms with Crippen molar-refractivity contribution in [1.82, 2.24) is 10.2 Å². The molecule has 16 heavy (non-hydrogen) atoms. The van der Waals surface area contributed by atoms with Crippen molar-refractivity contribution in [2.75, 3.05) is 38.7 Å². The summed E-state index contributed by atoms with van der Waals surface area (Å²) in [4.78, 5) is 2.08. The minimum atomic E-state index is -2.84. The Kier molecular flexibility index (Phi) is 7.97. The number of hydrogen-bond acceptors (Lipinski definition) is 4. The van der Waals surface area contributed by atoms with Crippen LogP contribution in [0.5, 0.6) is 0 Å². The molecule has 0 saturated carbocycles. The summed E-state index contributed by atoms with van der Waals surface area (Å²) in [7, 11) is -0.874. The predicted molar refractivity (Wildman–Crippen MR) is 69.6 cm³/mol. The molecule has 5 heteroatoms. The van der Waals surface area contributed by atoms with E-state index >= 15 is 0 Å². The van der Waals surface area contributed by atoms with Crippen LogP contribution in [-0.2, 0) is 9.84 Å². The highest BCUT2D eigenvalue weighted by atomic mass is 32.2. The fourth-order valence-electron chi connectivity index (χ4n) is 1.30. The van der Waals surface area contributed by atoms with E-state index in [1.807, 2.05) is 7.05 Å². The zero-order valence-corrected chi connectivity index (χ0v) is 11.8. The summed E-state index contributed by atoms with van der Waals surface area (Å²) in [5.41, 5.74) is 0. The molecular formula is C11H26N2O2S. The third-order valence-corrected chi connectivity index (χ3v) is 3.64. The molecule has 0 bridgehead atoms. The summed E-state index contributed by atoms with van der Waals surface area (Å²) >= 11 is 0. The van der Waals surface area contributed by atoms with Gasteiger partial charge in [0.1, 0.15) is 9.84 Å². The molecule has 0 aromatic rings. The predicted octanol–water partition coefficient (Wildman–Crippen LogP) is 0.741. The molecule has 0 radical (unpaired) electrons. The molecule has 0 amide bonds. The van der Waals surface area contributed by atoms with Gasteiger partial charge in [0.15, 0.2) is 0 Å². The summed E-state index contributed by atoms with van der Waals surface area (Å²) < 4.78 is 22.0. The number of likely N-dealkylation sites (N-methyl/N-ethyl adjacent to an activating group) is 1. The zero-order valence-electron chi connectivity index (χ0n) is 11.0. The Labute approximate surface area is 100 Å². The van der Waals surface area contributed by atoms with Crippen LogP contribution >= 0.6 is 0 Å². The van der Waals surface area contributed by atoms with Crippen LogP contribution in [0.4, 0.5) is 0 Å². The maximum Gasteiger partial charge on any atom is 0.148 e. The summed E-state index contributed by atoms with van der Waals surface area (Å²) in [5, 5.41) is 3.37. The van der Waals surface area contributed by atoms with E-state index in [1.165, 1.54) is 19.1 Å². The van der Waals surface area contributed by atoms with Crippen LogP contribution in [0, 0.1) is 0 Å². The van der Waals surface area contributed by atoms with Crippen LogP contribution in [-0.4, -0.2) is 58.1 Å². The second-order valence-electron chi connectivity index (χ2n) is 4.52. The van der Waals surface area contributed by atoms with Crippen molar-refractivity contribution in [3.05, 3.63) is 0 Å². The summed E-state index contributed by atoms with van der Waals surface area (Å²) in [6.45, 7) is 6.85. The SMILES string of the molecule is CCCCNCC(C)N(C)CCS(C)(=O)=O. The van der Waals surface area contributed by atoms with E-state index < -0.39 is 9.84 Å². The number of nitrogens with one attached hydrogen (secondary N) is 1. The Morgan fingerprint density at radius 3 is 2.50 bits per heavy atom. The number of unbranched alkanes of at least 4 members (excludes halogenated alkanes) is 1. The van der Waals surface area contributed by atoms with E-state index in [9.17, 15) is 8.42 Å². The molecule has 0 aliphatic heterocycles. The molecule has 1 atom stereocenters. The normalized spacial score (nSPS) is 14.3. The lowest BCUT2D eigenvalue weighted by atomic mass is 10.3. The molecule has 0 aliphatic rings. The van der Waals surface area contributed by atoms with Gasteiger partial charge >= 0.3 is 0 Å². The molecule has 0 spiro atoms. The van der Waals surface area contributed by atoms with Gasteiger partial charge < -0.3 is 10.2 Å². The second-order valence-corrected chi connectivity index (χ2v) is 6.78. The van der Waals surface area contributed by atoms with Gasteiger partial charge in [0.05, 0.1) is 5.75 Å². The molecule has 0 aromatic heterocycles. The van der Waals surface area contributed by atoms with E-state index in [1.54, 1.807) is 0 Å². The Morgan fingerprint density at radius 1 is 1.38 bits per heavy atom. The smallest absolute Gasteiger partial charge is 0.148 e. The third-order valence-electron chi connectivity index (χ3n) is 2.71. The van der Waals surface area contributed by atoms with Crippen LogP contribution in [0.15, 0.2) is 0 Å². The Bertz CT molecular complexity index is 265. The summed E-state index contributed by atoms with van der Waals surface area (Å²) in [6, 6.07) is 0.374. The topological polar surface area (TPSA) is 49.4 Å². The quantitative estimate of drug-likeness (QED) is 0.613. The number of sulfone groups is 1. The lowest BCUT2D eigenvalue weighted by molar-refractivity contribution is 0.264. The highest BCUT2D eigenvalue weighted by Crippen LogP contribution is 1.95. The van der Waals surface area contributed by atoms with Gasteiger partial charge in [-0.25, -0.2) is 8.42 Å². The minimum Gasteiger partial charge on any atom is -0.315 e. The van der Waals surface area contributed by atoms with Crippen LogP contribution in [0.1, 0.15) is 26.7 Å². The molecule has 0 rings (SSSR count). The van der Waals surface area contributed by atoms with E-state index in [-0.39, 0.29) is 5.75 Å². The molecule has 4 nitrogen and oxygen atoms in total. The van der Waals surface area contributed by atoms with Crippen molar-refractivity contribution >= 4 is 9.84 Å². The Balaban J connectivity index is 3.69. The van der Waals surface area contributed by atoms with Gasteiger partial charge in [-0.2, -0.15) is 0 Å². The highest BCUT2D eigenvalue weighted by molar-refractivity contribution is 7.90. The molecule has 0 saturated heterocycles. The molecule has 0 aliphatic carbocycles. The molecule has 0 fully saturated rings. The van der Waals surface area contributed by atoms with Gasteiger partial charge in [0.2, 0.25) is 0 Å². The first-order valence-corrected chi connectivity index (χ1v) is 8.01. The fraction of sp³-hybridized carbons (Fsp3) is 1.00. The largest absolute Gasteiger partial charge is 0.315 e. The second kappa shape index (κ2) is 8.03. The monoisotopic (exact) mass is 250 g/mol. The summed E-state index contributed by atoms with van der Waals surface area (Å²) in [5.74, 6) is 0.239. The van der Waals surface area contributed by atoms with Gasteiger partial charge in [-0.1, -0.05) is 13.3 Å². The molecule has 0 aromatic carbocycles. The maximum atomic E-state index is 11.0. The van der Waals surface area contributed by atoms with Gasteiger partial charge in [0, 0.05) is 25.4 Å². The number of hydrogen-bond donors (Lipinski definition) is 1. The van der Waals surface area contributed by atoms with E-state index in [4.69, 9.17) is 0 Å². The van der Waals surface area contributed by atoms with Crippen LogP contribution < -0.4 is 5.32 Å². The minimum absolute atomic E-state index is 0.239. The average Bonchev–Trinajstić information content (AvgIpc) is 2.19. The van der Waals surface area contributed by atoms with Gasteiger partial charge in [-0.05, 0) is 26.9 Å². The van der Waals surface area contributed by atoms with E-state index in [0.29, 0.717) is 12.6 Å². The zero-order chi connectivity index (χ0) is 12.6. The average molecular weight is 250 g/mol. The van der Waals surface area contributed by atoms with Crippen molar-refractivity contribution in [2.24, 2.45) is 0 Å². The lowest BCUT2D eigenvalue weighted by Gasteiger charge is -2.24. The van der Waals surface area contributed by atoms with Crippen molar-refractivity contribution in [3.63, 3.8) is 0 Å². The van der Waals surface area contributed by atoms with Crippen molar-refractivity contribution in [2.45, 2.75) is 32.7 Å². The van der Waals surface area contributed by atoms with Crippen molar-refractivity contribution < 1.29 is 8.42 Å². The summed E-state index contributed by atoms with van der Waals surface area (Å²) in [6.07, 6.45) is 3.68. The number of rotatable bonds is 9. The Morgan fingerprint density at radius 2 is 2.00 bits per heavy atom. The van der Waals surface area contributed by atoms with Crippen LogP contribution in [0.2, 0.25) is 0 Å². The fourth-order valence-corrected chi connectivity index (χ4v) is 1.92. The first-order valence-electron chi connectivity index (χ1n) is 5.95. The third kappa shape index (κ3) is 9.12. The van der Waals surface area contributed by atoms with E-state index in [2.05, 4.69) is 24.1 Å². The standard InChI is InChI=1S/C11H26N2O2S/c1-5-6-7-12-10-11(2)13(3)8-9-16(4,14)15/h11-12H,5-10H2,1-4H3. The first-order chi connectivity index (χ1) is 7.37. The van der Waals surface area contributed by atoms with Crippen LogP contribution in [0.3, 0.4) is 0 Å². The highest BCUT2D eigenvalue weighted by Gasteiger charge is 2.11. The first kappa shape index (κ1) is 15.9. The van der Waals surface area contributed by atoms with Gasteiger partial charge in [-0.15, -0.1) is 0 Å². The molecular weight excluding hydrogens is 224 g/mol. The van der Waals surface area contributed by atoms with E-state index in [0.717, 1.165) is 13.1 Å².